The first-order valence-corrected chi connectivity index (χ1v) is 8.36. The van der Waals surface area contributed by atoms with Gasteiger partial charge >= 0.3 is 0 Å². The van der Waals surface area contributed by atoms with E-state index in [0.717, 1.165) is 42.7 Å². The SMILES string of the molecule is O=C(NO)c1ccc2c(c1)CCN(Cc1ccc3ccccc3n1)C2. The van der Waals surface area contributed by atoms with Crippen LogP contribution >= 0.6 is 0 Å². The standard InChI is InChI=1S/C20H19N3O2/c24-20(22-25)16-5-6-17-12-23(10-9-15(17)11-16)13-18-8-7-14-3-1-2-4-19(14)21-18/h1-8,11,25H,9-10,12-13H2,(H,22,24). The summed E-state index contributed by atoms with van der Waals surface area (Å²) in [4.78, 5) is 18.6. The summed E-state index contributed by atoms with van der Waals surface area (Å²) in [5.74, 6) is -0.467. The summed E-state index contributed by atoms with van der Waals surface area (Å²) in [6.07, 6.45) is 0.884. The zero-order valence-electron chi connectivity index (χ0n) is 13.8. The largest absolute Gasteiger partial charge is 0.293 e. The molecule has 0 atom stereocenters. The number of carbonyl (C=O) groups excluding carboxylic acids is 1. The molecule has 1 aliphatic rings. The number of hydrogen-bond acceptors (Lipinski definition) is 4. The van der Waals surface area contributed by atoms with E-state index in [1.807, 2.05) is 30.3 Å². The molecule has 0 fully saturated rings. The minimum Gasteiger partial charge on any atom is -0.293 e. The summed E-state index contributed by atoms with van der Waals surface area (Å²) in [5.41, 5.74) is 6.66. The van der Waals surface area contributed by atoms with E-state index in [2.05, 4.69) is 23.1 Å². The predicted molar refractivity (Wildman–Crippen MR) is 95.3 cm³/mol. The third-order valence-corrected chi connectivity index (χ3v) is 4.70. The van der Waals surface area contributed by atoms with Gasteiger partial charge in [0.1, 0.15) is 0 Å². The van der Waals surface area contributed by atoms with E-state index in [1.54, 1.807) is 11.5 Å². The number of para-hydroxylation sites is 1. The lowest BCUT2D eigenvalue weighted by Gasteiger charge is -2.28. The molecule has 0 radical (unpaired) electrons. The number of benzene rings is 2. The van der Waals surface area contributed by atoms with Crippen molar-refractivity contribution in [3.63, 3.8) is 0 Å². The number of nitrogens with one attached hydrogen (secondary N) is 1. The van der Waals surface area contributed by atoms with E-state index in [-0.39, 0.29) is 0 Å². The van der Waals surface area contributed by atoms with Gasteiger partial charge in [-0.2, -0.15) is 0 Å². The molecule has 1 amide bonds. The molecule has 126 valence electrons. The Morgan fingerprint density at radius 3 is 2.88 bits per heavy atom. The Labute approximate surface area is 145 Å². The van der Waals surface area contributed by atoms with Crippen LogP contribution in [0.2, 0.25) is 0 Å². The maximum Gasteiger partial charge on any atom is 0.274 e. The highest BCUT2D eigenvalue weighted by Crippen LogP contribution is 2.22. The average Bonchev–Trinajstić information content (AvgIpc) is 2.67. The van der Waals surface area contributed by atoms with Crippen LogP contribution in [0, 0.1) is 0 Å². The highest BCUT2D eigenvalue weighted by Gasteiger charge is 2.18. The summed E-state index contributed by atoms with van der Waals surface area (Å²) in [6.45, 7) is 2.57. The summed E-state index contributed by atoms with van der Waals surface area (Å²) in [5, 5.41) is 9.92. The monoisotopic (exact) mass is 333 g/mol. The first-order chi connectivity index (χ1) is 12.2. The molecule has 1 aliphatic heterocycles. The zero-order chi connectivity index (χ0) is 17.2. The van der Waals surface area contributed by atoms with Gasteiger partial charge in [-0.05, 0) is 41.8 Å². The van der Waals surface area contributed by atoms with Crippen LogP contribution in [-0.4, -0.2) is 27.5 Å². The Balaban J connectivity index is 1.51. The minimum atomic E-state index is -0.467. The molecule has 2 aromatic carbocycles. The van der Waals surface area contributed by atoms with Gasteiger partial charge in [0.05, 0.1) is 11.2 Å². The molecule has 25 heavy (non-hydrogen) atoms. The number of hydrogen-bond donors (Lipinski definition) is 2. The molecule has 1 aromatic heterocycles. The van der Waals surface area contributed by atoms with Crippen molar-refractivity contribution in [1.29, 1.82) is 0 Å². The van der Waals surface area contributed by atoms with Crippen LogP contribution in [0.5, 0.6) is 0 Å². The minimum absolute atomic E-state index is 0.467. The zero-order valence-corrected chi connectivity index (χ0v) is 13.8. The molecule has 0 aliphatic carbocycles. The van der Waals surface area contributed by atoms with Crippen LogP contribution < -0.4 is 5.48 Å². The Bertz CT molecular complexity index is 939. The van der Waals surface area contributed by atoms with Gasteiger partial charge < -0.3 is 0 Å². The van der Waals surface area contributed by atoms with Crippen LogP contribution in [0.1, 0.15) is 27.2 Å². The lowest BCUT2D eigenvalue weighted by atomic mass is 9.97. The molecule has 0 bridgehead atoms. The maximum absolute atomic E-state index is 11.5. The van der Waals surface area contributed by atoms with Gasteiger partial charge in [-0.3, -0.25) is 19.9 Å². The number of rotatable bonds is 3. The number of nitrogens with zero attached hydrogens (tertiary/aromatic N) is 2. The first-order valence-electron chi connectivity index (χ1n) is 8.36. The van der Waals surface area contributed by atoms with E-state index >= 15 is 0 Å². The molecule has 4 rings (SSSR count). The van der Waals surface area contributed by atoms with Crippen LogP contribution in [0.25, 0.3) is 10.9 Å². The number of aromatic nitrogens is 1. The molecule has 0 unspecified atom stereocenters. The summed E-state index contributed by atoms with van der Waals surface area (Å²) >= 11 is 0. The van der Waals surface area contributed by atoms with Gasteiger partial charge in [0.2, 0.25) is 0 Å². The maximum atomic E-state index is 11.5. The van der Waals surface area contributed by atoms with Crippen molar-refractivity contribution in [3.8, 4) is 0 Å². The fourth-order valence-corrected chi connectivity index (χ4v) is 3.38. The fraction of sp³-hybridized carbons (Fsp3) is 0.200. The van der Waals surface area contributed by atoms with E-state index < -0.39 is 5.91 Å². The number of pyridine rings is 1. The van der Waals surface area contributed by atoms with Crippen LogP contribution in [0.15, 0.2) is 54.6 Å². The highest BCUT2D eigenvalue weighted by molar-refractivity contribution is 5.93. The number of hydroxylamine groups is 1. The van der Waals surface area contributed by atoms with Gasteiger partial charge in [-0.25, -0.2) is 5.48 Å². The third kappa shape index (κ3) is 3.24. The average molecular weight is 333 g/mol. The molecular weight excluding hydrogens is 314 g/mol. The second-order valence-corrected chi connectivity index (χ2v) is 6.38. The van der Waals surface area contributed by atoms with Crippen molar-refractivity contribution >= 4 is 16.8 Å². The lowest BCUT2D eigenvalue weighted by molar-refractivity contribution is 0.0706. The molecular formula is C20H19N3O2. The van der Waals surface area contributed by atoms with E-state index in [4.69, 9.17) is 10.2 Å². The predicted octanol–water partition coefficient (Wildman–Crippen LogP) is 2.91. The number of amides is 1. The number of carbonyl (C=O) groups is 1. The van der Waals surface area contributed by atoms with Gasteiger partial charge in [0, 0.05) is 30.6 Å². The van der Waals surface area contributed by atoms with Gasteiger partial charge in [-0.15, -0.1) is 0 Å². The van der Waals surface area contributed by atoms with E-state index in [9.17, 15) is 4.79 Å². The summed E-state index contributed by atoms with van der Waals surface area (Å²) in [6, 6.07) is 17.9. The van der Waals surface area contributed by atoms with Crippen molar-refractivity contribution in [3.05, 3.63) is 77.0 Å². The fourth-order valence-electron chi connectivity index (χ4n) is 3.38. The molecule has 2 N–H and O–H groups in total. The van der Waals surface area contributed by atoms with Gasteiger partial charge in [0.25, 0.3) is 5.91 Å². The number of fused-ring (bicyclic) bond motifs is 2. The Morgan fingerprint density at radius 1 is 1.12 bits per heavy atom. The second kappa shape index (κ2) is 6.63. The molecule has 0 saturated carbocycles. The van der Waals surface area contributed by atoms with Crippen LogP contribution in [0.3, 0.4) is 0 Å². The molecule has 5 heteroatoms. The topological polar surface area (TPSA) is 65.5 Å². The van der Waals surface area contributed by atoms with Crippen molar-refractivity contribution in [1.82, 2.24) is 15.4 Å². The first kappa shape index (κ1) is 15.7. The quantitative estimate of drug-likeness (QED) is 0.571. The van der Waals surface area contributed by atoms with Crippen molar-refractivity contribution in [2.45, 2.75) is 19.5 Å². The summed E-state index contributed by atoms with van der Waals surface area (Å²) in [7, 11) is 0. The van der Waals surface area contributed by atoms with Crippen molar-refractivity contribution < 1.29 is 10.0 Å². The van der Waals surface area contributed by atoms with Gasteiger partial charge in [0.15, 0.2) is 0 Å². The van der Waals surface area contributed by atoms with Crippen molar-refractivity contribution in [2.75, 3.05) is 6.54 Å². The normalized spacial score (nSPS) is 14.3. The Hall–Kier alpha value is -2.76. The second-order valence-electron chi connectivity index (χ2n) is 6.38. The Morgan fingerprint density at radius 2 is 2.00 bits per heavy atom. The molecule has 0 saturated heterocycles. The molecule has 3 aromatic rings. The smallest absolute Gasteiger partial charge is 0.274 e. The lowest BCUT2D eigenvalue weighted by Crippen LogP contribution is -2.30. The van der Waals surface area contributed by atoms with E-state index in [0.29, 0.717) is 5.56 Å². The Kier molecular flexibility index (Phi) is 4.17. The molecule has 5 nitrogen and oxygen atoms in total. The molecule has 2 heterocycles. The van der Waals surface area contributed by atoms with Crippen molar-refractivity contribution in [2.24, 2.45) is 0 Å². The highest BCUT2D eigenvalue weighted by atomic mass is 16.5. The van der Waals surface area contributed by atoms with Crippen LogP contribution in [0.4, 0.5) is 0 Å². The van der Waals surface area contributed by atoms with Crippen LogP contribution in [-0.2, 0) is 19.5 Å². The molecule has 0 spiro atoms. The summed E-state index contributed by atoms with van der Waals surface area (Å²) < 4.78 is 0. The van der Waals surface area contributed by atoms with E-state index in [1.165, 1.54) is 11.1 Å². The van der Waals surface area contributed by atoms with Gasteiger partial charge in [-0.1, -0.05) is 30.3 Å². The third-order valence-electron chi connectivity index (χ3n) is 4.70.